The zero-order valence-corrected chi connectivity index (χ0v) is 7.32. The summed E-state index contributed by atoms with van der Waals surface area (Å²) < 4.78 is 0. The highest BCUT2D eigenvalue weighted by Gasteiger charge is 1.97. The summed E-state index contributed by atoms with van der Waals surface area (Å²) in [6, 6.07) is 3.46. The molecular formula is C9H13NO2. The third-order valence-corrected chi connectivity index (χ3v) is 1.08. The Balaban J connectivity index is 0.000000561. The van der Waals surface area contributed by atoms with Crippen molar-refractivity contribution in [2.24, 2.45) is 0 Å². The monoisotopic (exact) mass is 167 g/mol. The normalized spacial score (nSPS) is 8.17. The van der Waals surface area contributed by atoms with Crippen molar-refractivity contribution in [3.05, 3.63) is 30.1 Å². The van der Waals surface area contributed by atoms with Gasteiger partial charge in [-0.3, -0.25) is 9.78 Å². The van der Waals surface area contributed by atoms with Crippen molar-refractivity contribution in [1.29, 1.82) is 0 Å². The van der Waals surface area contributed by atoms with Crippen LogP contribution in [0, 0.1) is 0 Å². The standard InChI is InChI=1S/C7H7NO2.C2H6/c9-7(10)4-6-2-1-3-8-5-6;1-2/h1-3,5H,4H2,(H,9,10);1-2H3. The molecule has 0 atom stereocenters. The summed E-state index contributed by atoms with van der Waals surface area (Å²) >= 11 is 0. The lowest BCUT2D eigenvalue weighted by molar-refractivity contribution is -0.136. The van der Waals surface area contributed by atoms with Crippen LogP contribution in [-0.4, -0.2) is 16.1 Å². The van der Waals surface area contributed by atoms with E-state index in [4.69, 9.17) is 5.11 Å². The van der Waals surface area contributed by atoms with Crippen molar-refractivity contribution in [1.82, 2.24) is 4.98 Å². The summed E-state index contributed by atoms with van der Waals surface area (Å²) in [4.78, 5) is 13.9. The summed E-state index contributed by atoms with van der Waals surface area (Å²) in [5.41, 5.74) is 0.731. The van der Waals surface area contributed by atoms with Gasteiger partial charge < -0.3 is 5.11 Å². The predicted octanol–water partition coefficient (Wildman–Crippen LogP) is 1.73. The molecule has 0 radical (unpaired) electrons. The lowest BCUT2D eigenvalue weighted by atomic mass is 10.2. The van der Waals surface area contributed by atoms with E-state index in [-0.39, 0.29) is 6.42 Å². The molecule has 1 rings (SSSR count). The van der Waals surface area contributed by atoms with Crippen molar-refractivity contribution >= 4 is 5.97 Å². The molecule has 3 heteroatoms. The molecule has 1 heterocycles. The molecule has 0 bridgehead atoms. The van der Waals surface area contributed by atoms with Crippen LogP contribution in [-0.2, 0) is 11.2 Å². The fourth-order valence-corrected chi connectivity index (χ4v) is 0.677. The Morgan fingerprint density at radius 1 is 1.58 bits per heavy atom. The Bertz CT molecular complexity index is 221. The predicted molar refractivity (Wildman–Crippen MR) is 46.9 cm³/mol. The van der Waals surface area contributed by atoms with E-state index in [1.807, 2.05) is 13.8 Å². The van der Waals surface area contributed by atoms with Crippen LogP contribution in [0.5, 0.6) is 0 Å². The first-order valence-corrected chi connectivity index (χ1v) is 3.90. The van der Waals surface area contributed by atoms with Crippen molar-refractivity contribution < 1.29 is 9.90 Å². The highest BCUT2D eigenvalue weighted by molar-refractivity contribution is 5.69. The van der Waals surface area contributed by atoms with Gasteiger partial charge in [0, 0.05) is 12.4 Å². The maximum Gasteiger partial charge on any atom is 0.307 e. The Morgan fingerprint density at radius 3 is 2.67 bits per heavy atom. The molecule has 0 unspecified atom stereocenters. The number of carboxylic acid groups (broad SMARTS) is 1. The van der Waals surface area contributed by atoms with Gasteiger partial charge in [-0.15, -0.1) is 0 Å². The fourth-order valence-electron chi connectivity index (χ4n) is 0.677. The first-order chi connectivity index (χ1) is 5.79. The number of aromatic nitrogens is 1. The molecule has 0 aliphatic carbocycles. The smallest absolute Gasteiger partial charge is 0.307 e. The van der Waals surface area contributed by atoms with Crippen LogP contribution in [0.3, 0.4) is 0 Å². The molecular weight excluding hydrogens is 154 g/mol. The molecule has 0 aliphatic heterocycles. The molecule has 0 amide bonds. The molecule has 12 heavy (non-hydrogen) atoms. The number of hydrogen-bond donors (Lipinski definition) is 1. The lowest BCUT2D eigenvalue weighted by Gasteiger charge is -1.91. The molecule has 0 aliphatic rings. The second-order valence-corrected chi connectivity index (χ2v) is 1.93. The molecule has 1 aromatic rings. The van der Waals surface area contributed by atoms with Gasteiger partial charge in [0.2, 0.25) is 0 Å². The quantitative estimate of drug-likeness (QED) is 0.729. The average molecular weight is 167 g/mol. The molecule has 3 nitrogen and oxygen atoms in total. The van der Waals surface area contributed by atoms with Crippen LogP contribution in [0.4, 0.5) is 0 Å². The second kappa shape index (κ2) is 6.34. The fraction of sp³-hybridized carbons (Fsp3) is 0.333. The minimum atomic E-state index is -0.826. The van der Waals surface area contributed by atoms with Gasteiger partial charge in [-0.1, -0.05) is 19.9 Å². The zero-order valence-electron chi connectivity index (χ0n) is 7.32. The van der Waals surface area contributed by atoms with Gasteiger partial charge in [-0.25, -0.2) is 0 Å². The van der Waals surface area contributed by atoms with E-state index >= 15 is 0 Å². The topological polar surface area (TPSA) is 50.2 Å². The lowest BCUT2D eigenvalue weighted by Crippen LogP contribution is -1.99. The number of carbonyl (C=O) groups is 1. The van der Waals surface area contributed by atoms with E-state index in [0.29, 0.717) is 0 Å². The van der Waals surface area contributed by atoms with E-state index in [1.54, 1.807) is 24.5 Å². The van der Waals surface area contributed by atoms with Crippen LogP contribution in [0.25, 0.3) is 0 Å². The number of aliphatic carboxylic acids is 1. The molecule has 0 fully saturated rings. The van der Waals surface area contributed by atoms with Gasteiger partial charge in [0.05, 0.1) is 6.42 Å². The highest BCUT2D eigenvalue weighted by Crippen LogP contribution is 1.95. The van der Waals surface area contributed by atoms with Crippen LogP contribution < -0.4 is 0 Å². The van der Waals surface area contributed by atoms with Crippen LogP contribution >= 0.6 is 0 Å². The largest absolute Gasteiger partial charge is 0.481 e. The number of hydrogen-bond acceptors (Lipinski definition) is 2. The van der Waals surface area contributed by atoms with Gasteiger partial charge in [-0.05, 0) is 11.6 Å². The molecule has 1 aromatic heterocycles. The first kappa shape index (κ1) is 10.6. The van der Waals surface area contributed by atoms with E-state index in [9.17, 15) is 4.79 Å². The van der Waals surface area contributed by atoms with Crippen molar-refractivity contribution in [2.75, 3.05) is 0 Å². The Kier molecular flexibility index (Phi) is 5.61. The summed E-state index contributed by atoms with van der Waals surface area (Å²) in [5, 5.41) is 8.34. The SMILES string of the molecule is CC.O=C(O)Cc1cccnc1. The first-order valence-electron chi connectivity index (χ1n) is 3.90. The van der Waals surface area contributed by atoms with Gasteiger partial charge in [-0.2, -0.15) is 0 Å². The zero-order chi connectivity index (χ0) is 9.40. The Labute approximate surface area is 72.1 Å². The van der Waals surface area contributed by atoms with Gasteiger partial charge in [0.15, 0.2) is 0 Å². The molecule has 66 valence electrons. The van der Waals surface area contributed by atoms with Crippen LogP contribution in [0.15, 0.2) is 24.5 Å². The van der Waals surface area contributed by atoms with E-state index < -0.39 is 5.97 Å². The molecule has 0 saturated carbocycles. The summed E-state index contributed by atoms with van der Waals surface area (Å²) in [7, 11) is 0. The van der Waals surface area contributed by atoms with Gasteiger partial charge in [0.25, 0.3) is 0 Å². The average Bonchev–Trinajstić information content (AvgIpc) is 2.08. The minimum Gasteiger partial charge on any atom is -0.481 e. The van der Waals surface area contributed by atoms with Crippen molar-refractivity contribution in [2.45, 2.75) is 20.3 Å². The third kappa shape index (κ3) is 4.44. The Hall–Kier alpha value is -1.38. The maximum absolute atomic E-state index is 10.1. The summed E-state index contributed by atoms with van der Waals surface area (Å²) in [6.45, 7) is 4.00. The minimum absolute atomic E-state index is 0.0494. The molecule has 0 aromatic carbocycles. The van der Waals surface area contributed by atoms with Gasteiger partial charge >= 0.3 is 5.97 Å². The van der Waals surface area contributed by atoms with Crippen molar-refractivity contribution in [3.63, 3.8) is 0 Å². The van der Waals surface area contributed by atoms with E-state index in [1.165, 1.54) is 0 Å². The van der Waals surface area contributed by atoms with E-state index in [0.717, 1.165) is 5.56 Å². The number of rotatable bonds is 2. The highest BCUT2D eigenvalue weighted by atomic mass is 16.4. The molecule has 0 saturated heterocycles. The van der Waals surface area contributed by atoms with Crippen molar-refractivity contribution in [3.8, 4) is 0 Å². The maximum atomic E-state index is 10.1. The van der Waals surface area contributed by atoms with Crippen LogP contribution in [0.1, 0.15) is 19.4 Å². The number of carboxylic acids is 1. The molecule has 1 N–H and O–H groups in total. The van der Waals surface area contributed by atoms with E-state index in [2.05, 4.69) is 4.98 Å². The summed E-state index contributed by atoms with van der Waals surface area (Å²) in [6.07, 6.45) is 3.22. The summed E-state index contributed by atoms with van der Waals surface area (Å²) in [5.74, 6) is -0.826. The Morgan fingerprint density at radius 2 is 2.25 bits per heavy atom. The third-order valence-electron chi connectivity index (χ3n) is 1.08. The number of nitrogens with zero attached hydrogens (tertiary/aromatic N) is 1. The molecule has 0 spiro atoms. The number of pyridine rings is 1. The second-order valence-electron chi connectivity index (χ2n) is 1.93. The van der Waals surface area contributed by atoms with Gasteiger partial charge in [0.1, 0.15) is 0 Å². The van der Waals surface area contributed by atoms with Crippen LogP contribution in [0.2, 0.25) is 0 Å².